The standard InChI is InChI=1S/C15H13ClN6/c1-9(11-7-10-3-2-6-17-14(10)18-8-11)15-20-19-13-5-4-12(16)21-22(13)15/h2-6,8-9H,7H2,1H3,(H,17,18). The average Bonchev–Trinajstić information content (AvgIpc) is 2.96. The summed E-state index contributed by atoms with van der Waals surface area (Å²) in [6.07, 6.45) is 4.60. The van der Waals surface area contributed by atoms with Gasteiger partial charge in [-0.15, -0.1) is 10.2 Å². The van der Waals surface area contributed by atoms with Crippen LogP contribution in [-0.4, -0.2) is 24.8 Å². The van der Waals surface area contributed by atoms with Crippen molar-refractivity contribution < 1.29 is 0 Å². The van der Waals surface area contributed by atoms with Gasteiger partial charge in [-0.3, -0.25) is 0 Å². The molecule has 4 heterocycles. The maximum absolute atomic E-state index is 5.98. The van der Waals surface area contributed by atoms with Gasteiger partial charge in [-0.05, 0) is 35.8 Å². The Morgan fingerprint density at radius 1 is 1.27 bits per heavy atom. The molecule has 7 heteroatoms. The summed E-state index contributed by atoms with van der Waals surface area (Å²) in [4.78, 5) is 4.32. The highest BCUT2D eigenvalue weighted by Crippen LogP contribution is 2.30. The van der Waals surface area contributed by atoms with E-state index < -0.39 is 0 Å². The van der Waals surface area contributed by atoms with Crippen molar-refractivity contribution >= 4 is 23.1 Å². The maximum atomic E-state index is 5.98. The molecular weight excluding hydrogens is 300 g/mol. The van der Waals surface area contributed by atoms with Crippen LogP contribution in [0.25, 0.3) is 5.65 Å². The Morgan fingerprint density at radius 2 is 2.18 bits per heavy atom. The van der Waals surface area contributed by atoms with Crippen LogP contribution < -0.4 is 5.32 Å². The molecule has 4 rings (SSSR count). The highest BCUT2D eigenvalue weighted by Gasteiger charge is 2.22. The van der Waals surface area contributed by atoms with Crippen LogP contribution in [0.15, 0.2) is 42.2 Å². The number of nitrogens with one attached hydrogen (secondary N) is 1. The zero-order valence-corrected chi connectivity index (χ0v) is 12.6. The summed E-state index contributed by atoms with van der Waals surface area (Å²) in [5.74, 6) is 1.76. The molecule has 0 fully saturated rings. The van der Waals surface area contributed by atoms with Gasteiger partial charge in [0.05, 0.1) is 0 Å². The second-order valence-corrected chi connectivity index (χ2v) is 5.64. The summed E-state index contributed by atoms with van der Waals surface area (Å²) in [5.41, 5.74) is 3.07. The highest BCUT2D eigenvalue weighted by molar-refractivity contribution is 6.29. The van der Waals surface area contributed by atoms with Gasteiger partial charge in [0.25, 0.3) is 0 Å². The highest BCUT2D eigenvalue weighted by atomic mass is 35.5. The first-order valence-electron chi connectivity index (χ1n) is 6.99. The largest absolute Gasteiger partial charge is 0.346 e. The molecule has 22 heavy (non-hydrogen) atoms. The van der Waals surface area contributed by atoms with Crippen LogP contribution in [0.1, 0.15) is 24.2 Å². The molecule has 1 aliphatic rings. The Kier molecular flexibility index (Phi) is 3.04. The minimum Gasteiger partial charge on any atom is -0.346 e. The number of aromatic nitrogens is 5. The summed E-state index contributed by atoms with van der Waals surface area (Å²) in [6.45, 7) is 2.09. The first kappa shape index (κ1) is 13.2. The molecule has 0 aromatic carbocycles. The number of nitrogens with zero attached hydrogens (tertiary/aromatic N) is 5. The molecule has 0 bridgehead atoms. The Bertz CT molecular complexity index is 885. The van der Waals surface area contributed by atoms with Crippen molar-refractivity contribution in [2.45, 2.75) is 19.3 Å². The van der Waals surface area contributed by atoms with Crippen molar-refractivity contribution in [2.75, 3.05) is 5.32 Å². The average molecular weight is 313 g/mol. The summed E-state index contributed by atoms with van der Waals surface area (Å²) in [5, 5.41) is 16.4. The molecule has 0 saturated carbocycles. The molecule has 0 amide bonds. The summed E-state index contributed by atoms with van der Waals surface area (Å²) >= 11 is 5.98. The van der Waals surface area contributed by atoms with E-state index in [0.29, 0.717) is 10.8 Å². The van der Waals surface area contributed by atoms with E-state index in [4.69, 9.17) is 11.6 Å². The van der Waals surface area contributed by atoms with Crippen LogP contribution in [0.5, 0.6) is 0 Å². The number of pyridine rings is 1. The van der Waals surface area contributed by atoms with Crippen LogP contribution in [0.3, 0.4) is 0 Å². The van der Waals surface area contributed by atoms with Crippen LogP contribution in [-0.2, 0) is 6.42 Å². The maximum Gasteiger partial charge on any atom is 0.178 e. The third-order valence-corrected chi connectivity index (χ3v) is 4.08. The second-order valence-electron chi connectivity index (χ2n) is 5.26. The topological polar surface area (TPSA) is 68.0 Å². The fourth-order valence-electron chi connectivity index (χ4n) is 2.64. The van der Waals surface area contributed by atoms with Gasteiger partial charge >= 0.3 is 0 Å². The van der Waals surface area contributed by atoms with E-state index in [9.17, 15) is 0 Å². The Hall–Kier alpha value is -2.47. The van der Waals surface area contributed by atoms with Crippen molar-refractivity contribution in [1.29, 1.82) is 0 Å². The zero-order chi connectivity index (χ0) is 15.1. The van der Waals surface area contributed by atoms with Gasteiger partial charge in [-0.25, -0.2) is 4.98 Å². The van der Waals surface area contributed by atoms with E-state index >= 15 is 0 Å². The van der Waals surface area contributed by atoms with Crippen molar-refractivity contribution in [3.8, 4) is 0 Å². The van der Waals surface area contributed by atoms with E-state index in [1.165, 1.54) is 11.1 Å². The van der Waals surface area contributed by atoms with E-state index in [1.807, 2.05) is 18.3 Å². The number of hydrogen-bond donors (Lipinski definition) is 1. The van der Waals surface area contributed by atoms with Crippen molar-refractivity contribution in [1.82, 2.24) is 24.8 Å². The number of hydrogen-bond acceptors (Lipinski definition) is 5. The lowest BCUT2D eigenvalue weighted by atomic mass is 9.93. The van der Waals surface area contributed by atoms with Crippen LogP contribution >= 0.6 is 11.6 Å². The Labute approximate surface area is 131 Å². The number of halogens is 1. The lowest BCUT2D eigenvalue weighted by molar-refractivity contribution is 0.720. The lowest BCUT2D eigenvalue weighted by Gasteiger charge is -2.20. The quantitative estimate of drug-likeness (QED) is 0.788. The molecule has 3 aromatic rings. The van der Waals surface area contributed by atoms with Crippen molar-refractivity contribution in [2.24, 2.45) is 0 Å². The van der Waals surface area contributed by atoms with Gasteiger partial charge < -0.3 is 5.32 Å². The third kappa shape index (κ3) is 2.12. The van der Waals surface area contributed by atoms with Crippen molar-refractivity contribution in [3.05, 3.63) is 58.8 Å². The molecule has 3 aromatic heterocycles. The molecule has 1 aliphatic heterocycles. The summed E-state index contributed by atoms with van der Waals surface area (Å²) in [7, 11) is 0. The summed E-state index contributed by atoms with van der Waals surface area (Å²) < 4.78 is 1.70. The molecule has 110 valence electrons. The minimum absolute atomic E-state index is 0.0711. The Balaban J connectivity index is 1.71. The molecular formula is C15H13ClN6. The number of allylic oxidation sites excluding steroid dienone is 1. The number of anilines is 1. The predicted octanol–water partition coefficient (Wildman–Crippen LogP) is 2.83. The van der Waals surface area contributed by atoms with Crippen molar-refractivity contribution in [3.63, 3.8) is 0 Å². The van der Waals surface area contributed by atoms with Crippen LogP contribution in [0.2, 0.25) is 5.15 Å². The third-order valence-electron chi connectivity index (χ3n) is 3.88. The molecule has 1 atom stereocenters. The molecule has 1 N–H and O–H groups in total. The van der Waals surface area contributed by atoms with E-state index in [1.54, 1.807) is 16.8 Å². The molecule has 0 saturated heterocycles. The first-order valence-corrected chi connectivity index (χ1v) is 7.37. The van der Waals surface area contributed by atoms with Gasteiger partial charge in [0.15, 0.2) is 11.5 Å². The molecule has 0 spiro atoms. The molecule has 0 radical (unpaired) electrons. The molecule has 0 aliphatic carbocycles. The van der Waals surface area contributed by atoms with Gasteiger partial charge in [0, 0.05) is 18.3 Å². The van der Waals surface area contributed by atoms with E-state index in [-0.39, 0.29) is 5.92 Å². The van der Waals surface area contributed by atoms with Gasteiger partial charge in [-0.2, -0.15) is 9.61 Å². The van der Waals surface area contributed by atoms with Gasteiger partial charge in [-0.1, -0.05) is 24.6 Å². The first-order chi connectivity index (χ1) is 10.7. The van der Waals surface area contributed by atoms with Gasteiger partial charge in [0.1, 0.15) is 11.0 Å². The summed E-state index contributed by atoms with van der Waals surface area (Å²) in [6, 6.07) is 7.54. The van der Waals surface area contributed by atoms with Gasteiger partial charge in [0.2, 0.25) is 0 Å². The second kappa shape index (κ2) is 5.06. The zero-order valence-electron chi connectivity index (χ0n) is 11.9. The Morgan fingerprint density at radius 3 is 3.09 bits per heavy atom. The van der Waals surface area contributed by atoms with E-state index in [0.717, 1.165) is 18.1 Å². The molecule has 6 nitrogen and oxygen atoms in total. The predicted molar refractivity (Wildman–Crippen MR) is 83.9 cm³/mol. The van der Waals surface area contributed by atoms with Crippen LogP contribution in [0.4, 0.5) is 5.82 Å². The smallest absolute Gasteiger partial charge is 0.178 e. The van der Waals surface area contributed by atoms with E-state index in [2.05, 4.69) is 38.6 Å². The SMILES string of the molecule is CC(C1=CNc2ncccc2C1)c1nnc2ccc(Cl)nn12. The number of fused-ring (bicyclic) bond motifs is 2. The minimum atomic E-state index is 0.0711. The van der Waals surface area contributed by atoms with Crippen LogP contribution in [0, 0.1) is 0 Å². The fourth-order valence-corrected chi connectivity index (χ4v) is 2.78. The molecule has 1 unspecified atom stereocenters. The monoisotopic (exact) mass is 312 g/mol. The normalized spacial score (nSPS) is 15.1. The fraction of sp³-hybridized carbons (Fsp3) is 0.200. The lowest BCUT2D eigenvalue weighted by Crippen LogP contribution is -2.14. The number of rotatable bonds is 2.